The van der Waals surface area contributed by atoms with E-state index < -0.39 is 11.6 Å². The standard InChI is InChI=1S/C28H21BrClF2N5O/c29-22-12-19(23(31)13-24(22)32)2-1-8-36-9-6-25-21(16-36)20-4-3-17(14-33)10-26(20)37(25)28(38)35-15-18-5-7-34-27(30)11-18/h1-5,7,10-13H,6,8-9,15-16H2,(H,35,38)/b2-1+. The molecule has 0 bridgehead atoms. The quantitative estimate of drug-likeness (QED) is 0.213. The van der Waals surface area contributed by atoms with Crippen molar-refractivity contribution >= 4 is 50.5 Å². The Balaban J connectivity index is 1.39. The first kappa shape index (κ1) is 26.0. The van der Waals surface area contributed by atoms with E-state index in [1.165, 1.54) is 6.07 Å². The van der Waals surface area contributed by atoms with Crippen LogP contribution >= 0.6 is 27.5 Å². The normalized spacial score (nSPS) is 13.6. The number of nitrogens with one attached hydrogen (secondary N) is 1. The Bertz CT molecular complexity index is 1630. The van der Waals surface area contributed by atoms with Gasteiger partial charge in [0, 0.05) is 61.5 Å². The average Bonchev–Trinajstić information content (AvgIpc) is 3.23. The molecule has 1 amide bonds. The molecule has 5 rings (SSSR count). The molecule has 6 nitrogen and oxygen atoms in total. The number of hydrogen-bond acceptors (Lipinski definition) is 4. The first-order valence-electron chi connectivity index (χ1n) is 11.8. The van der Waals surface area contributed by atoms with Crippen LogP contribution in [-0.2, 0) is 19.5 Å². The van der Waals surface area contributed by atoms with Crippen LogP contribution in [0.2, 0.25) is 5.15 Å². The number of amides is 1. The number of hydrogen-bond donors (Lipinski definition) is 1. The summed E-state index contributed by atoms with van der Waals surface area (Å²) in [6, 6.07) is 13.0. The van der Waals surface area contributed by atoms with Gasteiger partial charge in [0.1, 0.15) is 16.8 Å². The highest BCUT2D eigenvalue weighted by atomic mass is 79.9. The number of fused-ring (bicyclic) bond motifs is 3. The molecule has 2 aromatic carbocycles. The summed E-state index contributed by atoms with van der Waals surface area (Å²) >= 11 is 9.06. The largest absolute Gasteiger partial charge is 0.333 e. The number of aromatic nitrogens is 2. The Kier molecular flexibility index (Phi) is 7.56. The van der Waals surface area contributed by atoms with Crippen LogP contribution in [0, 0.1) is 23.0 Å². The molecule has 10 heteroatoms. The van der Waals surface area contributed by atoms with Crippen molar-refractivity contribution in [3.05, 3.63) is 104 Å². The monoisotopic (exact) mass is 595 g/mol. The summed E-state index contributed by atoms with van der Waals surface area (Å²) in [5.74, 6) is -1.27. The molecular weight excluding hydrogens is 576 g/mol. The molecule has 0 saturated carbocycles. The van der Waals surface area contributed by atoms with E-state index in [1.54, 1.807) is 41.1 Å². The number of benzene rings is 2. The second-order valence-electron chi connectivity index (χ2n) is 8.93. The number of carbonyl (C=O) groups excluding carboxylic acids is 1. The Morgan fingerprint density at radius 2 is 2.05 bits per heavy atom. The zero-order valence-electron chi connectivity index (χ0n) is 20.0. The van der Waals surface area contributed by atoms with Gasteiger partial charge < -0.3 is 5.32 Å². The van der Waals surface area contributed by atoms with Crippen LogP contribution in [0.15, 0.2) is 59.2 Å². The Labute approximate surface area is 231 Å². The molecule has 38 heavy (non-hydrogen) atoms. The SMILES string of the molecule is N#Cc1ccc2c3c(n(C(=O)NCc4ccnc(Cl)c4)c2c1)CCN(C/C=C/c1cc(Br)c(F)cc1F)C3. The molecule has 0 fully saturated rings. The third-order valence-corrected chi connectivity index (χ3v) is 7.31. The smallest absolute Gasteiger partial charge is 0.326 e. The summed E-state index contributed by atoms with van der Waals surface area (Å²) in [4.78, 5) is 19.5. The summed E-state index contributed by atoms with van der Waals surface area (Å²) in [6.45, 7) is 2.09. The molecule has 4 aromatic rings. The van der Waals surface area contributed by atoms with E-state index in [4.69, 9.17) is 11.6 Å². The van der Waals surface area contributed by atoms with Crippen molar-refractivity contribution in [2.24, 2.45) is 0 Å². The summed E-state index contributed by atoms with van der Waals surface area (Å²) < 4.78 is 29.5. The second-order valence-corrected chi connectivity index (χ2v) is 10.2. The van der Waals surface area contributed by atoms with Gasteiger partial charge in [-0.3, -0.25) is 9.47 Å². The average molecular weight is 597 g/mol. The van der Waals surface area contributed by atoms with E-state index in [-0.39, 0.29) is 17.0 Å². The van der Waals surface area contributed by atoms with Crippen molar-refractivity contribution in [1.82, 2.24) is 19.8 Å². The van der Waals surface area contributed by atoms with Crippen LogP contribution in [0.25, 0.3) is 17.0 Å². The molecule has 0 radical (unpaired) electrons. The minimum Gasteiger partial charge on any atom is -0.333 e. The van der Waals surface area contributed by atoms with E-state index >= 15 is 0 Å². The van der Waals surface area contributed by atoms with Crippen molar-refractivity contribution in [2.75, 3.05) is 13.1 Å². The first-order chi connectivity index (χ1) is 18.3. The van der Waals surface area contributed by atoms with Crippen molar-refractivity contribution < 1.29 is 13.6 Å². The van der Waals surface area contributed by atoms with Crippen LogP contribution in [0.3, 0.4) is 0 Å². The maximum Gasteiger partial charge on any atom is 0.326 e. The van der Waals surface area contributed by atoms with E-state index in [2.05, 4.69) is 37.2 Å². The fraction of sp³-hybridized carbons (Fsp3) is 0.179. The fourth-order valence-electron chi connectivity index (χ4n) is 4.67. The topological polar surface area (TPSA) is 74.0 Å². The molecule has 1 aliphatic rings. The van der Waals surface area contributed by atoms with Gasteiger partial charge in [0.15, 0.2) is 0 Å². The summed E-state index contributed by atoms with van der Waals surface area (Å²) in [5.41, 5.74) is 4.17. The van der Waals surface area contributed by atoms with Gasteiger partial charge in [0.05, 0.1) is 21.6 Å². The lowest BCUT2D eigenvalue weighted by atomic mass is 10.0. The number of nitriles is 1. The summed E-state index contributed by atoms with van der Waals surface area (Å²) in [5, 5.41) is 13.7. The predicted octanol–water partition coefficient (Wildman–Crippen LogP) is 6.43. The number of carbonyl (C=O) groups is 1. The second kappa shape index (κ2) is 11.0. The van der Waals surface area contributed by atoms with Gasteiger partial charge in [-0.1, -0.05) is 29.8 Å². The van der Waals surface area contributed by atoms with Crippen molar-refractivity contribution in [2.45, 2.75) is 19.5 Å². The number of pyridine rings is 1. The van der Waals surface area contributed by atoms with Gasteiger partial charge in [-0.05, 0) is 57.4 Å². The fourth-order valence-corrected chi connectivity index (χ4v) is 5.23. The number of nitrogens with zero attached hydrogens (tertiary/aromatic N) is 4. The Morgan fingerprint density at radius 3 is 2.84 bits per heavy atom. The van der Waals surface area contributed by atoms with Crippen LogP contribution in [-0.4, -0.2) is 33.6 Å². The number of halogens is 4. The third kappa shape index (κ3) is 5.34. The minimum absolute atomic E-state index is 0.205. The van der Waals surface area contributed by atoms with Gasteiger partial charge in [0.2, 0.25) is 0 Å². The van der Waals surface area contributed by atoms with Crippen molar-refractivity contribution in [3.63, 3.8) is 0 Å². The molecule has 192 valence electrons. The van der Waals surface area contributed by atoms with Gasteiger partial charge >= 0.3 is 6.03 Å². The molecule has 1 N–H and O–H groups in total. The van der Waals surface area contributed by atoms with Gasteiger partial charge in [-0.15, -0.1) is 0 Å². The molecule has 0 spiro atoms. The first-order valence-corrected chi connectivity index (χ1v) is 13.0. The Hall–Kier alpha value is -3.58. The molecule has 0 unspecified atom stereocenters. The van der Waals surface area contributed by atoms with Gasteiger partial charge in [-0.25, -0.2) is 18.6 Å². The minimum atomic E-state index is -0.646. The lowest BCUT2D eigenvalue weighted by molar-refractivity contribution is 0.240. The van der Waals surface area contributed by atoms with Crippen molar-refractivity contribution in [1.29, 1.82) is 5.26 Å². The van der Waals surface area contributed by atoms with E-state index in [0.29, 0.717) is 47.9 Å². The highest BCUT2D eigenvalue weighted by Gasteiger charge is 2.26. The predicted molar refractivity (Wildman–Crippen MR) is 146 cm³/mol. The van der Waals surface area contributed by atoms with Crippen LogP contribution in [0.5, 0.6) is 0 Å². The highest BCUT2D eigenvalue weighted by Crippen LogP contribution is 2.32. The molecule has 0 aliphatic carbocycles. The molecule has 3 heterocycles. The Morgan fingerprint density at radius 1 is 1.21 bits per heavy atom. The van der Waals surface area contributed by atoms with E-state index in [9.17, 15) is 18.8 Å². The van der Waals surface area contributed by atoms with Crippen LogP contribution < -0.4 is 5.32 Å². The van der Waals surface area contributed by atoms with Gasteiger partial charge in [0.25, 0.3) is 0 Å². The molecular formula is C28H21BrClF2N5O. The maximum atomic E-state index is 14.1. The lowest BCUT2D eigenvalue weighted by Gasteiger charge is -2.27. The van der Waals surface area contributed by atoms with Gasteiger partial charge in [-0.2, -0.15) is 5.26 Å². The molecule has 0 saturated heterocycles. The van der Waals surface area contributed by atoms with Crippen LogP contribution in [0.1, 0.15) is 27.9 Å². The molecule has 0 atom stereocenters. The summed E-state index contributed by atoms with van der Waals surface area (Å²) in [6.07, 6.45) is 5.68. The maximum absolute atomic E-state index is 14.1. The highest BCUT2D eigenvalue weighted by molar-refractivity contribution is 9.10. The summed E-state index contributed by atoms with van der Waals surface area (Å²) in [7, 11) is 0. The zero-order valence-corrected chi connectivity index (χ0v) is 22.4. The lowest BCUT2D eigenvalue weighted by Crippen LogP contribution is -2.34. The third-order valence-electron chi connectivity index (χ3n) is 6.50. The molecule has 1 aliphatic heterocycles. The van der Waals surface area contributed by atoms with E-state index in [0.717, 1.165) is 28.3 Å². The number of rotatable bonds is 5. The van der Waals surface area contributed by atoms with E-state index in [1.807, 2.05) is 12.1 Å². The van der Waals surface area contributed by atoms with Crippen molar-refractivity contribution in [3.8, 4) is 6.07 Å². The molecule has 2 aromatic heterocycles. The van der Waals surface area contributed by atoms with Crippen LogP contribution in [0.4, 0.5) is 13.6 Å². The zero-order chi connectivity index (χ0) is 26.8.